The van der Waals surface area contributed by atoms with Gasteiger partial charge in [0.05, 0.1) is 6.61 Å². The fraction of sp³-hybridized carbons (Fsp3) is 0.818. The van der Waals surface area contributed by atoms with Gasteiger partial charge in [-0.1, -0.05) is 40.0 Å². The summed E-state index contributed by atoms with van der Waals surface area (Å²) >= 11 is 0. The van der Waals surface area contributed by atoms with Gasteiger partial charge in [-0.25, -0.2) is 4.79 Å². The molecule has 3 N–H and O–H groups in total. The van der Waals surface area contributed by atoms with E-state index in [-0.39, 0.29) is 50.1 Å². The van der Waals surface area contributed by atoms with Gasteiger partial charge in [0.2, 0.25) is 11.8 Å². The highest BCUT2D eigenvalue weighted by atomic mass is 19.4. The van der Waals surface area contributed by atoms with Crippen LogP contribution in [-0.2, 0) is 23.9 Å². The van der Waals surface area contributed by atoms with Crippen LogP contribution in [-0.4, -0.2) is 55.6 Å². The molecule has 0 aliphatic carbocycles. The van der Waals surface area contributed by atoms with Crippen LogP contribution in [0.25, 0.3) is 0 Å². The molecule has 1 unspecified atom stereocenters. The van der Waals surface area contributed by atoms with E-state index in [0.29, 0.717) is 25.8 Å². The van der Waals surface area contributed by atoms with E-state index in [1.807, 2.05) is 0 Å². The highest BCUT2D eigenvalue weighted by molar-refractivity contribution is 5.84. The average Bonchev–Trinajstić information content (AvgIpc) is 2.74. The number of esters is 1. The number of alkyl halides is 3. The van der Waals surface area contributed by atoms with Crippen molar-refractivity contribution in [2.45, 2.75) is 90.8 Å². The Balaban J connectivity index is 4.52. The lowest BCUT2D eigenvalue weighted by Gasteiger charge is -2.18. The predicted octanol–water partition coefficient (Wildman–Crippen LogP) is 3.00. The topological polar surface area (TPSA) is 114 Å². The predicted molar refractivity (Wildman–Crippen MR) is 117 cm³/mol. The molecule has 0 fully saturated rings. The SMILES string of the molecule is CCCCCCOC(=O)C(CCCCNC(=O)C(F)(F)F)NC(=O)CCCNC(=O)C(C)C. The van der Waals surface area contributed by atoms with Crippen molar-refractivity contribution >= 4 is 23.7 Å². The number of ether oxygens (including phenoxy) is 1. The summed E-state index contributed by atoms with van der Waals surface area (Å²) in [4.78, 5) is 47.0. The van der Waals surface area contributed by atoms with Crippen molar-refractivity contribution in [2.24, 2.45) is 5.92 Å². The number of carbonyl (C=O) groups is 4. The molecule has 0 aliphatic heterocycles. The molecule has 11 heteroatoms. The third-order valence-corrected chi connectivity index (χ3v) is 4.73. The lowest BCUT2D eigenvalue weighted by atomic mass is 10.1. The summed E-state index contributed by atoms with van der Waals surface area (Å²) in [6.45, 7) is 5.94. The number of carbonyl (C=O) groups excluding carboxylic acids is 4. The number of amides is 3. The van der Waals surface area contributed by atoms with Crippen LogP contribution in [0.2, 0.25) is 0 Å². The lowest BCUT2D eigenvalue weighted by molar-refractivity contribution is -0.173. The van der Waals surface area contributed by atoms with Gasteiger partial charge in [-0.3, -0.25) is 14.4 Å². The van der Waals surface area contributed by atoms with Gasteiger partial charge in [0.1, 0.15) is 6.04 Å². The first kappa shape index (κ1) is 30.7. The fourth-order valence-corrected chi connectivity index (χ4v) is 2.76. The minimum Gasteiger partial charge on any atom is -0.464 e. The van der Waals surface area contributed by atoms with Crippen molar-refractivity contribution in [3.63, 3.8) is 0 Å². The summed E-state index contributed by atoms with van der Waals surface area (Å²) in [5.41, 5.74) is 0. The summed E-state index contributed by atoms with van der Waals surface area (Å²) in [6, 6.07) is -0.924. The number of halogens is 3. The second kappa shape index (κ2) is 17.2. The Kier molecular flexibility index (Phi) is 16.0. The summed E-state index contributed by atoms with van der Waals surface area (Å²) in [7, 11) is 0. The van der Waals surface area contributed by atoms with E-state index >= 15 is 0 Å². The summed E-state index contributed by atoms with van der Waals surface area (Å²) in [5.74, 6) is -3.25. The van der Waals surface area contributed by atoms with E-state index in [0.717, 1.165) is 19.3 Å². The minimum atomic E-state index is -4.94. The molecular formula is C22H38F3N3O5. The Morgan fingerprint density at radius 3 is 2.15 bits per heavy atom. The zero-order valence-electron chi connectivity index (χ0n) is 19.8. The Labute approximate surface area is 193 Å². The highest BCUT2D eigenvalue weighted by Crippen LogP contribution is 2.14. The van der Waals surface area contributed by atoms with Gasteiger partial charge in [0.25, 0.3) is 0 Å². The molecule has 0 rings (SSSR count). The van der Waals surface area contributed by atoms with Crippen LogP contribution in [0.15, 0.2) is 0 Å². The van der Waals surface area contributed by atoms with Crippen molar-refractivity contribution in [3.05, 3.63) is 0 Å². The van der Waals surface area contributed by atoms with E-state index in [2.05, 4.69) is 17.6 Å². The Morgan fingerprint density at radius 1 is 0.879 bits per heavy atom. The molecule has 0 aromatic heterocycles. The normalized spacial score (nSPS) is 12.2. The quantitative estimate of drug-likeness (QED) is 0.218. The molecular weight excluding hydrogens is 443 g/mol. The molecule has 0 aromatic carbocycles. The molecule has 0 heterocycles. The smallest absolute Gasteiger partial charge is 0.464 e. The molecule has 33 heavy (non-hydrogen) atoms. The number of unbranched alkanes of at least 4 members (excludes halogenated alkanes) is 4. The largest absolute Gasteiger partial charge is 0.471 e. The Bertz CT molecular complexity index is 613. The first-order valence-corrected chi connectivity index (χ1v) is 11.6. The minimum absolute atomic E-state index is 0.0975. The van der Waals surface area contributed by atoms with Gasteiger partial charge in [0, 0.05) is 25.4 Å². The molecule has 0 saturated carbocycles. The molecule has 8 nitrogen and oxygen atoms in total. The standard InChI is InChI=1S/C22H38F3N3O5/c1-4-5-6-9-15-33-20(31)17(11-7-8-13-27-21(32)22(23,24)25)28-18(29)12-10-14-26-19(30)16(2)3/h16-17H,4-15H2,1-3H3,(H,26,30)(H,27,32)(H,28,29). The number of hydrogen-bond donors (Lipinski definition) is 3. The molecule has 0 aromatic rings. The molecule has 0 bridgehead atoms. The molecule has 0 aliphatic rings. The maximum Gasteiger partial charge on any atom is 0.471 e. The molecule has 1 atom stereocenters. The van der Waals surface area contributed by atoms with Crippen LogP contribution in [0.4, 0.5) is 13.2 Å². The third kappa shape index (κ3) is 16.0. The second-order valence-corrected chi connectivity index (χ2v) is 8.15. The Hall–Kier alpha value is -2.33. The Morgan fingerprint density at radius 2 is 1.55 bits per heavy atom. The number of nitrogens with one attached hydrogen (secondary N) is 3. The van der Waals surface area contributed by atoms with E-state index in [1.165, 1.54) is 0 Å². The van der Waals surface area contributed by atoms with Crippen LogP contribution in [0.1, 0.15) is 78.6 Å². The van der Waals surface area contributed by atoms with Gasteiger partial charge in [-0.05, 0) is 32.1 Å². The van der Waals surface area contributed by atoms with E-state index in [1.54, 1.807) is 19.2 Å². The van der Waals surface area contributed by atoms with Gasteiger partial charge < -0.3 is 20.7 Å². The first-order valence-electron chi connectivity index (χ1n) is 11.6. The lowest BCUT2D eigenvalue weighted by Crippen LogP contribution is -2.42. The monoisotopic (exact) mass is 481 g/mol. The molecule has 0 spiro atoms. The van der Waals surface area contributed by atoms with E-state index in [4.69, 9.17) is 4.74 Å². The van der Waals surface area contributed by atoms with Gasteiger partial charge >= 0.3 is 18.1 Å². The summed E-state index contributed by atoms with van der Waals surface area (Å²) < 4.78 is 41.8. The third-order valence-electron chi connectivity index (χ3n) is 4.73. The molecule has 0 radical (unpaired) electrons. The zero-order chi connectivity index (χ0) is 25.3. The van der Waals surface area contributed by atoms with Crippen molar-refractivity contribution < 1.29 is 37.1 Å². The molecule has 192 valence electrons. The number of rotatable bonds is 17. The highest BCUT2D eigenvalue weighted by Gasteiger charge is 2.38. The van der Waals surface area contributed by atoms with Crippen LogP contribution in [0.3, 0.4) is 0 Å². The second-order valence-electron chi connectivity index (χ2n) is 8.15. The average molecular weight is 482 g/mol. The number of hydrogen-bond acceptors (Lipinski definition) is 5. The van der Waals surface area contributed by atoms with Crippen LogP contribution in [0.5, 0.6) is 0 Å². The summed E-state index contributed by atoms with van der Waals surface area (Å²) in [6.07, 6.45) is -0.0757. The maximum atomic E-state index is 12.4. The molecule has 3 amide bonds. The van der Waals surface area contributed by atoms with Gasteiger partial charge in [0.15, 0.2) is 0 Å². The van der Waals surface area contributed by atoms with Gasteiger partial charge in [-0.15, -0.1) is 0 Å². The van der Waals surface area contributed by atoms with Crippen molar-refractivity contribution in [3.8, 4) is 0 Å². The van der Waals surface area contributed by atoms with Crippen LogP contribution >= 0.6 is 0 Å². The van der Waals surface area contributed by atoms with Crippen molar-refractivity contribution in [2.75, 3.05) is 19.7 Å². The van der Waals surface area contributed by atoms with E-state index < -0.39 is 24.1 Å². The van der Waals surface area contributed by atoms with Gasteiger partial charge in [-0.2, -0.15) is 13.2 Å². The van der Waals surface area contributed by atoms with E-state index in [9.17, 15) is 32.3 Å². The maximum absolute atomic E-state index is 12.4. The van der Waals surface area contributed by atoms with Crippen molar-refractivity contribution in [1.82, 2.24) is 16.0 Å². The van der Waals surface area contributed by atoms with Crippen LogP contribution in [0, 0.1) is 5.92 Å². The summed E-state index contributed by atoms with van der Waals surface area (Å²) in [5, 5.41) is 7.08. The van der Waals surface area contributed by atoms with Crippen LogP contribution < -0.4 is 16.0 Å². The van der Waals surface area contributed by atoms with Crippen molar-refractivity contribution in [1.29, 1.82) is 0 Å². The fourth-order valence-electron chi connectivity index (χ4n) is 2.76. The molecule has 0 saturated heterocycles. The zero-order valence-corrected chi connectivity index (χ0v) is 19.8. The first-order chi connectivity index (χ1) is 15.5.